The summed E-state index contributed by atoms with van der Waals surface area (Å²) in [6.07, 6.45) is 5.18. The van der Waals surface area contributed by atoms with Gasteiger partial charge in [-0.25, -0.2) is 14.8 Å². The average Bonchev–Trinajstić information content (AvgIpc) is 3.16. The Morgan fingerprint density at radius 2 is 2.00 bits per heavy atom. The second-order valence-corrected chi connectivity index (χ2v) is 7.38. The Morgan fingerprint density at radius 1 is 1.18 bits per heavy atom. The van der Waals surface area contributed by atoms with Gasteiger partial charge < -0.3 is 19.7 Å². The van der Waals surface area contributed by atoms with Gasteiger partial charge in [0.15, 0.2) is 11.5 Å². The number of carbonyl (C=O) groups excluding carboxylic acids is 1. The third-order valence-electron chi connectivity index (χ3n) is 5.26. The van der Waals surface area contributed by atoms with Crippen LogP contribution >= 0.6 is 0 Å². The zero-order chi connectivity index (χ0) is 19.5. The lowest BCUT2D eigenvalue weighted by molar-refractivity contribution is 0.174. The molecule has 0 bridgehead atoms. The highest BCUT2D eigenvalue weighted by molar-refractivity contribution is 5.73. The molecule has 1 aromatic heterocycles. The number of nitrogens with one attached hydrogen (secondary N) is 1. The van der Waals surface area contributed by atoms with Crippen LogP contribution in [0.2, 0.25) is 0 Å². The Kier molecular flexibility index (Phi) is 5.32. The fourth-order valence-corrected chi connectivity index (χ4v) is 3.76. The fraction of sp³-hybridized carbons (Fsp3) is 0.476. The van der Waals surface area contributed by atoms with Crippen LogP contribution in [-0.2, 0) is 25.8 Å². The van der Waals surface area contributed by atoms with Gasteiger partial charge in [-0.2, -0.15) is 0 Å². The summed E-state index contributed by atoms with van der Waals surface area (Å²) in [6, 6.07) is 5.61. The van der Waals surface area contributed by atoms with E-state index >= 15 is 0 Å². The summed E-state index contributed by atoms with van der Waals surface area (Å²) in [5, 5.41) is 2.95. The van der Waals surface area contributed by atoms with Gasteiger partial charge in [-0.15, -0.1) is 0 Å². The van der Waals surface area contributed by atoms with Crippen LogP contribution in [0.4, 0.5) is 4.79 Å². The molecule has 148 valence electrons. The zero-order valence-corrected chi connectivity index (χ0v) is 16.5. The maximum Gasteiger partial charge on any atom is 0.317 e. The fourth-order valence-electron chi connectivity index (χ4n) is 3.76. The number of urea groups is 1. The van der Waals surface area contributed by atoms with Crippen molar-refractivity contribution in [3.8, 4) is 11.5 Å². The Morgan fingerprint density at radius 3 is 2.89 bits per heavy atom. The van der Waals surface area contributed by atoms with Crippen molar-refractivity contribution >= 4 is 6.03 Å². The van der Waals surface area contributed by atoms with E-state index in [1.165, 1.54) is 24.1 Å². The number of ether oxygens (including phenoxy) is 2. The number of hydrogen-bond donors (Lipinski definition) is 1. The lowest BCUT2D eigenvalue weighted by atomic mass is 9.95. The molecule has 0 fully saturated rings. The molecule has 2 aromatic rings. The zero-order valence-electron chi connectivity index (χ0n) is 16.5. The van der Waals surface area contributed by atoms with E-state index in [2.05, 4.69) is 17.2 Å². The summed E-state index contributed by atoms with van der Waals surface area (Å²) >= 11 is 0. The Hall–Kier alpha value is -2.83. The highest BCUT2D eigenvalue weighted by Gasteiger charge is 2.17. The third kappa shape index (κ3) is 4.03. The normalized spacial score (nSPS) is 14.5. The Labute approximate surface area is 165 Å². The SMILES string of the molecule is Cc1nc(CCNC(=O)N(C)Cc2ccc3c(c2)OCO3)nc2c1CCCC2. The number of benzene rings is 1. The predicted octanol–water partition coefficient (Wildman–Crippen LogP) is 2.78. The number of carbonyl (C=O) groups is 1. The number of hydrogen-bond acceptors (Lipinski definition) is 5. The molecule has 0 unspecified atom stereocenters. The van der Waals surface area contributed by atoms with Gasteiger partial charge >= 0.3 is 6.03 Å². The number of amides is 2. The average molecular weight is 382 g/mol. The first kappa shape index (κ1) is 18.5. The minimum atomic E-state index is -0.118. The summed E-state index contributed by atoms with van der Waals surface area (Å²) in [5.74, 6) is 2.29. The highest BCUT2D eigenvalue weighted by atomic mass is 16.7. The summed E-state index contributed by atoms with van der Waals surface area (Å²) in [7, 11) is 1.78. The van der Waals surface area contributed by atoms with Crippen molar-refractivity contribution in [2.75, 3.05) is 20.4 Å². The molecule has 0 radical (unpaired) electrons. The second-order valence-electron chi connectivity index (χ2n) is 7.38. The monoisotopic (exact) mass is 382 g/mol. The standard InChI is InChI=1S/C21H26N4O3/c1-14-16-5-3-4-6-17(16)24-20(23-14)9-10-22-21(26)25(2)12-15-7-8-18-19(11-15)28-13-27-18/h7-8,11H,3-6,9-10,12-13H2,1-2H3,(H,22,26). The van der Waals surface area contributed by atoms with E-state index in [0.717, 1.165) is 41.4 Å². The van der Waals surface area contributed by atoms with Gasteiger partial charge in [0.2, 0.25) is 6.79 Å². The van der Waals surface area contributed by atoms with Gasteiger partial charge in [0.1, 0.15) is 5.82 Å². The molecule has 2 heterocycles. The van der Waals surface area contributed by atoms with Crippen LogP contribution in [0.15, 0.2) is 18.2 Å². The van der Waals surface area contributed by atoms with Crippen molar-refractivity contribution in [3.63, 3.8) is 0 Å². The molecule has 4 rings (SSSR count). The van der Waals surface area contributed by atoms with E-state index in [4.69, 9.17) is 14.5 Å². The summed E-state index contributed by atoms with van der Waals surface area (Å²) in [4.78, 5) is 23.4. The molecule has 7 nitrogen and oxygen atoms in total. The van der Waals surface area contributed by atoms with Crippen LogP contribution in [-0.4, -0.2) is 41.3 Å². The van der Waals surface area contributed by atoms with Crippen molar-refractivity contribution in [2.24, 2.45) is 0 Å². The van der Waals surface area contributed by atoms with Crippen molar-refractivity contribution in [1.29, 1.82) is 0 Å². The van der Waals surface area contributed by atoms with E-state index < -0.39 is 0 Å². The molecule has 7 heteroatoms. The van der Waals surface area contributed by atoms with Crippen molar-refractivity contribution in [2.45, 2.75) is 45.6 Å². The molecule has 28 heavy (non-hydrogen) atoms. The predicted molar refractivity (Wildman–Crippen MR) is 105 cm³/mol. The van der Waals surface area contributed by atoms with Gasteiger partial charge in [0, 0.05) is 37.9 Å². The lowest BCUT2D eigenvalue weighted by Gasteiger charge is -2.19. The molecule has 0 spiro atoms. The van der Waals surface area contributed by atoms with Crippen LogP contribution in [0.3, 0.4) is 0 Å². The summed E-state index contributed by atoms with van der Waals surface area (Å²) in [6.45, 7) is 3.33. The number of nitrogens with zero attached hydrogens (tertiary/aromatic N) is 3. The van der Waals surface area contributed by atoms with E-state index in [1.54, 1.807) is 11.9 Å². The first-order valence-corrected chi connectivity index (χ1v) is 9.83. The number of aromatic nitrogens is 2. The Bertz CT molecular complexity index is 884. The van der Waals surface area contributed by atoms with Crippen molar-refractivity contribution < 1.29 is 14.3 Å². The maximum atomic E-state index is 12.4. The molecular weight excluding hydrogens is 356 g/mol. The molecule has 1 aliphatic heterocycles. The maximum absolute atomic E-state index is 12.4. The molecule has 1 N–H and O–H groups in total. The number of rotatable bonds is 5. The number of fused-ring (bicyclic) bond motifs is 2. The number of aryl methyl sites for hydroxylation is 2. The largest absolute Gasteiger partial charge is 0.454 e. The van der Waals surface area contributed by atoms with Crippen LogP contribution in [0.1, 0.15) is 41.2 Å². The molecule has 1 aromatic carbocycles. The minimum absolute atomic E-state index is 0.118. The molecule has 2 amide bonds. The minimum Gasteiger partial charge on any atom is -0.454 e. The smallest absolute Gasteiger partial charge is 0.317 e. The van der Waals surface area contributed by atoms with Crippen LogP contribution in [0.5, 0.6) is 11.5 Å². The van der Waals surface area contributed by atoms with Crippen molar-refractivity contribution in [1.82, 2.24) is 20.2 Å². The third-order valence-corrected chi connectivity index (χ3v) is 5.26. The van der Waals surface area contributed by atoms with E-state index in [9.17, 15) is 4.79 Å². The molecule has 0 saturated carbocycles. The van der Waals surface area contributed by atoms with Gasteiger partial charge in [-0.1, -0.05) is 6.07 Å². The molecule has 0 atom stereocenters. The van der Waals surface area contributed by atoms with Crippen LogP contribution in [0, 0.1) is 6.92 Å². The molecule has 2 aliphatic rings. The highest BCUT2D eigenvalue weighted by Crippen LogP contribution is 2.32. The first-order chi connectivity index (χ1) is 13.6. The Balaban J connectivity index is 1.29. The van der Waals surface area contributed by atoms with Gasteiger partial charge in [-0.05, 0) is 55.9 Å². The first-order valence-electron chi connectivity index (χ1n) is 9.83. The second kappa shape index (κ2) is 8.04. The molecule has 1 aliphatic carbocycles. The molecular formula is C21H26N4O3. The van der Waals surface area contributed by atoms with Gasteiger partial charge in [0.05, 0.1) is 0 Å². The van der Waals surface area contributed by atoms with E-state index in [1.807, 2.05) is 18.2 Å². The van der Waals surface area contributed by atoms with Gasteiger partial charge in [0.25, 0.3) is 0 Å². The summed E-state index contributed by atoms with van der Waals surface area (Å²) in [5.41, 5.74) is 4.60. The van der Waals surface area contributed by atoms with E-state index in [0.29, 0.717) is 19.5 Å². The van der Waals surface area contributed by atoms with Crippen LogP contribution < -0.4 is 14.8 Å². The quantitative estimate of drug-likeness (QED) is 0.861. The topological polar surface area (TPSA) is 76.6 Å². The van der Waals surface area contributed by atoms with E-state index in [-0.39, 0.29) is 12.8 Å². The summed E-state index contributed by atoms with van der Waals surface area (Å²) < 4.78 is 10.7. The van der Waals surface area contributed by atoms with Crippen LogP contribution in [0.25, 0.3) is 0 Å². The lowest BCUT2D eigenvalue weighted by Crippen LogP contribution is -2.38. The van der Waals surface area contributed by atoms with Crippen molar-refractivity contribution in [3.05, 3.63) is 46.5 Å². The molecule has 0 saturated heterocycles. The van der Waals surface area contributed by atoms with Gasteiger partial charge in [-0.3, -0.25) is 0 Å².